The Morgan fingerprint density at radius 2 is 2.37 bits per heavy atom. The van der Waals surface area contributed by atoms with Gasteiger partial charge < -0.3 is 10.5 Å². The van der Waals surface area contributed by atoms with Crippen LogP contribution in [0, 0.1) is 10.1 Å². The Labute approximate surface area is 113 Å². The normalized spacial score (nSPS) is 25.8. The summed E-state index contributed by atoms with van der Waals surface area (Å²) in [5, 5.41) is 11.7. The zero-order valence-corrected chi connectivity index (χ0v) is 10.7. The predicted octanol–water partition coefficient (Wildman–Crippen LogP) is 1.05. The fourth-order valence-corrected chi connectivity index (χ4v) is 2.11. The maximum Gasteiger partial charge on any atom is 0.305 e. The fraction of sp³-hybridized carbons (Fsp3) is 0.273. The number of nitrogens with two attached hydrogens (primary N) is 1. The van der Waals surface area contributed by atoms with E-state index in [0.717, 1.165) is 0 Å². The van der Waals surface area contributed by atoms with E-state index in [2.05, 4.69) is 9.98 Å². The molecule has 100 valence electrons. The first-order valence-corrected chi connectivity index (χ1v) is 5.72. The summed E-state index contributed by atoms with van der Waals surface area (Å²) in [5.74, 6) is 0.132. The van der Waals surface area contributed by atoms with Crippen LogP contribution in [0.2, 0.25) is 0 Å². The van der Waals surface area contributed by atoms with Gasteiger partial charge >= 0.3 is 5.54 Å². The van der Waals surface area contributed by atoms with E-state index in [4.69, 9.17) is 22.1 Å². The number of allylic oxidation sites excluding steroid dienone is 1. The maximum absolute atomic E-state index is 11.5. The van der Waals surface area contributed by atoms with Crippen LogP contribution in [0.1, 0.15) is 5.56 Å². The number of pyridine rings is 1. The van der Waals surface area contributed by atoms with Gasteiger partial charge in [-0.3, -0.25) is 10.1 Å². The fourth-order valence-electron chi connectivity index (χ4n) is 1.94. The molecule has 2 atom stereocenters. The molecule has 0 amide bonds. The van der Waals surface area contributed by atoms with Crippen molar-refractivity contribution < 1.29 is 9.66 Å². The van der Waals surface area contributed by atoms with Crippen molar-refractivity contribution >= 4 is 16.8 Å². The SMILES string of the molecule is COc1ncccc1C1([N+](=O)[O-])C=CC(Cl)=NC1N. The van der Waals surface area contributed by atoms with Crippen LogP contribution in [0.4, 0.5) is 0 Å². The van der Waals surface area contributed by atoms with Gasteiger partial charge in [-0.25, -0.2) is 9.98 Å². The van der Waals surface area contributed by atoms with Gasteiger partial charge in [-0.05, 0) is 18.2 Å². The lowest BCUT2D eigenvalue weighted by Crippen LogP contribution is -2.50. The van der Waals surface area contributed by atoms with Crippen LogP contribution in [-0.4, -0.2) is 28.4 Å². The third kappa shape index (κ3) is 2.06. The Bertz CT molecular complexity index is 575. The van der Waals surface area contributed by atoms with Crippen LogP contribution in [0.15, 0.2) is 35.5 Å². The second kappa shape index (κ2) is 4.94. The summed E-state index contributed by atoms with van der Waals surface area (Å²) in [6, 6.07) is 3.11. The van der Waals surface area contributed by atoms with E-state index in [9.17, 15) is 10.1 Å². The Morgan fingerprint density at radius 3 is 2.95 bits per heavy atom. The van der Waals surface area contributed by atoms with E-state index in [0.29, 0.717) is 0 Å². The number of aromatic nitrogens is 1. The minimum Gasteiger partial charge on any atom is -0.481 e. The monoisotopic (exact) mass is 282 g/mol. The smallest absolute Gasteiger partial charge is 0.305 e. The minimum atomic E-state index is -1.74. The van der Waals surface area contributed by atoms with E-state index < -0.39 is 16.6 Å². The highest BCUT2D eigenvalue weighted by atomic mass is 35.5. The molecule has 2 unspecified atom stereocenters. The maximum atomic E-state index is 11.5. The van der Waals surface area contributed by atoms with Crippen molar-refractivity contribution in [3.63, 3.8) is 0 Å². The minimum absolute atomic E-state index is 0.118. The molecule has 7 nitrogen and oxygen atoms in total. The third-order valence-corrected chi connectivity index (χ3v) is 3.11. The van der Waals surface area contributed by atoms with Crippen molar-refractivity contribution in [2.45, 2.75) is 11.7 Å². The number of nitro groups is 1. The highest BCUT2D eigenvalue weighted by Gasteiger charge is 2.52. The molecule has 0 spiro atoms. The van der Waals surface area contributed by atoms with Gasteiger partial charge in [-0.15, -0.1) is 0 Å². The van der Waals surface area contributed by atoms with Crippen molar-refractivity contribution in [2.24, 2.45) is 10.7 Å². The number of hydrogen-bond donors (Lipinski definition) is 1. The topological polar surface area (TPSA) is 104 Å². The summed E-state index contributed by atoms with van der Waals surface area (Å²) < 4.78 is 5.06. The first-order chi connectivity index (χ1) is 9.02. The van der Waals surface area contributed by atoms with E-state index in [1.54, 1.807) is 6.07 Å². The van der Waals surface area contributed by atoms with E-state index in [1.807, 2.05) is 0 Å². The van der Waals surface area contributed by atoms with Gasteiger partial charge in [0.25, 0.3) is 0 Å². The molecule has 0 aliphatic carbocycles. The van der Waals surface area contributed by atoms with Crippen molar-refractivity contribution in [3.8, 4) is 5.88 Å². The molecule has 2 heterocycles. The molecule has 0 saturated heterocycles. The van der Waals surface area contributed by atoms with Gasteiger partial charge in [0, 0.05) is 17.2 Å². The number of nitrogens with zero attached hydrogens (tertiary/aromatic N) is 3. The lowest BCUT2D eigenvalue weighted by molar-refractivity contribution is -0.567. The zero-order chi connectivity index (χ0) is 14.0. The summed E-state index contributed by atoms with van der Waals surface area (Å²) in [6.45, 7) is 0. The average Bonchev–Trinajstić information content (AvgIpc) is 2.39. The van der Waals surface area contributed by atoms with E-state index in [-0.39, 0.29) is 16.6 Å². The molecule has 2 rings (SSSR count). The molecule has 8 heteroatoms. The van der Waals surface area contributed by atoms with Crippen LogP contribution >= 0.6 is 11.6 Å². The molecule has 0 radical (unpaired) electrons. The first kappa shape index (κ1) is 13.4. The summed E-state index contributed by atoms with van der Waals surface area (Å²) in [5.41, 5.74) is 4.31. The summed E-state index contributed by atoms with van der Waals surface area (Å²) in [4.78, 5) is 18.8. The third-order valence-electron chi connectivity index (χ3n) is 2.89. The lowest BCUT2D eigenvalue weighted by atomic mass is 9.86. The molecule has 0 bridgehead atoms. The van der Waals surface area contributed by atoms with Gasteiger partial charge in [-0.1, -0.05) is 11.6 Å². The predicted molar refractivity (Wildman–Crippen MR) is 69.9 cm³/mol. The van der Waals surface area contributed by atoms with Crippen molar-refractivity contribution in [1.82, 2.24) is 4.98 Å². The standard InChI is InChI=1S/C11H11ClN4O3/c1-19-9-7(3-2-6-14-9)11(16(17)18)5-4-8(12)15-10(11)13/h2-6,10H,13H2,1H3. The summed E-state index contributed by atoms with van der Waals surface area (Å²) >= 11 is 5.72. The highest BCUT2D eigenvalue weighted by Crippen LogP contribution is 2.37. The van der Waals surface area contributed by atoms with Crippen LogP contribution in [0.3, 0.4) is 0 Å². The molecular weight excluding hydrogens is 272 g/mol. The van der Waals surface area contributed by atoms with Crippen LogP contribution < -0.4 is 10.5 Å². The number of rotatable bonds is 3. The van der Waals surface area contributed by atoms with Gasteiger partial charge in [0.05, 0.1) is 12.7 Å². The lowest BCUT2D eigenvalue weighted by Gasteiger charge is -2.28. The molecule has 1 aromatic heterocycles. The summed E-state index contributed by atoms with van der Waals surface area (Å²) in [7, 11) is 1.38. The molecule has 0 saturated carbocycles. The Kier molecular flexibility index (Phi) is 3.50. The molecule has 1 aliphatic heterocycles. The van der Waals surface area contributed by atoms with Crippen LogP contribution in [-0.2, 0) is 5.54 Å². The zero-order valence-electron chi connectivity index (χ0n) is 9.99. The Hall–Kier alpha value is -1.99. The molecular formula is C11H11ClN4O3. The highest BCUT2D eigenvalue weighted by molar-refractivity contribution is 6.68. The second-order valence-electron chi connectivity index (χ2n) is 3.87. The number of aliphatic imine (C=N–C) groups is 1. The van der Waals surface area contributed by atoms with Crippen LogP contribution in [0.25, 0.3) is 0 Å². The molecule has 1 aliphatic rings. The molecule has 19 heavy (non-hydrogen) atoms. The average molecular weight is 283 g/mol. The van der Waals surface area contributed by atoms with Gasteiger partial charge in [0.2, 0.25) is 5.88 Å². The van der Waals surface area contributed by atoms with Gasteiger partial charge in [-0.2, -0.15) is 0 Å². The van der Waals surface area contributed by atoms with Gasteiger partial charge in [0.1, 0.15) is 5.17 Å². The van der Waals surface area contributed by atoms with Crippen molar-refractivity contribution in [3.05, 3.63) is 46.2 Å². The van der Waals surface area contributed by atoms with Crippen LogP contribution in [0.5, 0.6) is 5.88 Å². The second-order valence-corrected chi connectivity index (χ2v) is 4.26. The van der Waals surface area contributed by atoms with Crippen molar-refractivity contribution in [2.75, 3.05) is 7.11 Å². The first-order valence-electron chi connectivity index (χ1n) is 5.34. The molecule has 2 N–H and O–H groups in total. The molecule has 0 aromatic carbocycles. The number of halogens is 1. The van der Waals surface area contributed by atoms with E-state index >= 15 is 0 Å². The number of methoxy groups -OCH3 is 1. The number of ether oxygens (including phenoxy) is 1. The van der Waals surface area contributed by atoms with E-state index in [1.165, 1.54) is 31.5 Å². The number of hydrogen-bond acceptors (Lipinski definition) is 6. The van der Waals surface area contributed by atoms with Gasteiger partial charge in [0.15, 0.2) is 6.17 Å². The largest absolute Gasteiger partial charge is 0.481 e. The Morgan fingerprint density at radius 1 is 1.63 bits per heavy atom. The molecule has 0 fully saturated rings. The molecule has 1 aromatic rings. The summed E-state index contributed by atoms with van der Waals surface area (Å²) in [6.07, 6.45) is 2.98. The van der Waals surface area contributed by atoms with Crippen molar-refractivity contribution in [1.29, 1.82) is 0 Å². The number of dihydropyridines is 1. The quantitative estimate of drug-likeness (QED) is 0.659. The Balaban J connectivity index is 2.65.